The highest BCUT2D eigenvalue weighted by molar-refractivity contribution is 6.36. The standard InChI is InChI=1S/C23H21Cl2N3O5/c1-31-21-11-15(2-5-20(21)33-14-22(29)28-6-8-32-9-7-28)10-16(13-26)23(30)27-19-12-17(24)3-4-18(19)25/h2-5,10-12H,6-9,14H2,1H3,(H,27,30)/b16-10+. The van der Waals surface area contributed by atoms with E-state index in [2.05, 4.69) is 5.32 Å². The molecule has 2 aromatic carbocycles. The Morgan fingerprint density at radius 1 is 1.18 bits per heavy atom. The third kappa shape index (κ3) is 6.62. The number of nitrogens with zero attached hydrogens (tertiary/aromatic N) is 2. The number of carbonyl (C=O) groups excluding carboxylic acids is 2. The normalized spacial score (nSPS) is 13.8. The Kier molecular flexibility index (Phi) is 8.55. The number of methoxy groups -OCH3 is 1. The number of hydrogen-bond donors (Lipinski definition) is 1. The Bertz CT molecular complexity index is 1110. The van der Waals surface area contributed by atoms with Crippen LogP contribution in [0, 0.1) is 11.3 Å². The Hall–Kier alpha value is -3.25. The van der Waals surface area contributed by atoms with Gasteiger partial charge in [0.1, 0.15) is 11.6 Å². The maximum absolute atomic E-state index is 12.6. The molecule has 0 unspecified atom stereocenters. The van der Waals surface area contributed by atoms with Crippen molar-refractivity contribution in [2.45, 2.75) is 0 Å². The topological polar surface area (TPSA) is 101 Å². The van der Waals surface area contributed by atoms with Crippen molar-refractivity contribution in [2.24, 2.45) is 0 Å². The van der Waals surface area contributed by atoms with Crippen molar-refractivity contribution < 1.29 is 23.8 Å². The highest BCUT2D eigenvalue weighted by atomic mass is 35.5. The number of nitrogens with one attached hydrogen (secondary N) is 1. The maximum Gasteiger partial charge on any atom is 0.266 e. The Morgan fingerprint density at radius 3 is 2.64 bits per heavy atom. The lowest BCUT2D eigenvalue weighted by molar-refractivity contribution is -0.137. The molecule has 1 saturated heterocycles. The van der Waals surface area contributed by atoms with Crippen LogP contribution in [0.5, 0.6) is 11.5 Å². The number of carbonyl (C=O) groups is 2. The number of amides is 2. The molecule has 10 heteroatoms. The maximum atomic E-state index is 12.6. The molecule has 1 aliphatic heterocycles. The van der Waals surface area contributed by atoms with Crippen molar-refractivity contribution in [1.82, 2.24) is 4.90 Å². The van der Waals surface area contributed by atoms with E-state index in [1.54, 1.807) is 35.2 Å². The molecule has 0 aromatic heterocycles. The number of rotatable bonds is 7. The van der Waals surface area contributed by atoms with E-state index in [1.807, 2.05) is 6.07 Å². The second-order valence-electron chi connectivity index (χ2n) is 6.94. The lowest BCUT2D eigenvalue weighted by Crippen LogP contribution is -2.43. The van der Waals surface area contributed by atoms with Crippen LogP contribution >= 0.6 is 23.2 Å². The van der Waals surface area contributed by atoms with Gasteiger partial charge in [-0.15, -0.1) is 0 Å². The number of benzene rings is 2. The highest BCUT2D eigenvalue weighted by Gasteiger charge is 2.18. The van der Waals surface area contributed by atoms with Gasteiger partial charge in [0, 0.05) is 18.1 Å². The van der Waals surface area contributed by atoms with Crippen LogP contribution in [0.2, 0.25) is 10.0 Å². The quantitative estimate of drug-likeness (QED) is 0.468. The lowest BCUT2D eigenvalue weighted by Gasteiger charge is -2.26. The van der Waals surface area contributed by atoms with Gasteiger partial charge in [-0.1, -0.05) is 29.3 Å². The fraction of sp³-hybridized carbons (Fsp3) is 0.261. The van der Waals surface area contributed by atoms with Crippen molar-refractivity contribution in [3.05, 3.63) is 57.6 Å². The minimum absolute atomic E-state index is 0.141. The van der Waals surface area contributed by atoms with Crippen molar-refractivity contribution in [3.8, 4) is 17.6 Å². The molecule has 1 fully saturated rings. The van der Waals surface area contributed by atoms with Crippen molar-refractivity contribution in [1.29, 1.82) is 5.26 Å². The Labute approximate surface area is 201 Å². The molecule has 3 rings (SSSR count). The van der Waals surface area contributed by atoms with E-state index in [-0.39, 0.29) is 18.1 Å². The van der Waals surface area contributed by atoms with Crippen LogP contribution in [0.3, 0.4) is 0 Å². The summed E-state index contributed by atoms with van der Waals surface area (Å²) in [6.07, 6.45) is 1.40. The number of anilines is 1. The van der Waals surface area contributed by atoms with E-state index in [1.165, 1.54) is 19.3 Å². The molecule has 0 bridgehead atoms. The molecule has 8 nitrogen and oxygen atoms in total. The second kappa shape index (κ2) is 11.6. The fourth-order valence-corrected chi connectivity index (χ4v) is 3.37. The summed E-state index contributed by atoms with van der Waals surface area (Å²) in [5.74, 6) is -0.0662. The molecule has 1 heterocycles. The SMILES string of the molecule is COc1cc(/C=C(\C#N)C(=O)Nc2cc(Cl)ccc2Cl)ccc1OCC(=O)N1CCOCC1. The summed E-state index contributed by atoms with van der Waals surface area (Å²) in [5, 5.41) is 12.7. The first-order chi connectivity index (χ1) is 15.9. The molecule has 1 N–H and O–H groups in total. The van der Waals surface area contributed by atoms with Crippen molar-refractivity contribution in [3.63, 3.8) is 0 Å². The van der Waals surface area contributed by atoms with Crippen molar-refractivity contribution in [2.75, 3.05) is 45.3 Å². The van der Waals surface area contributed by atoms with Gasteiger partial charge in [0.05, 0.1) is 31.0 Å². The Morgan fingerprint density at radius 2 is 1.94 bits per heavy atom. The lowest BCUT2D eigenvalue weighted by atomic mass is 10.1. The van der Waals surface area contributed by atoms with E-state index in [0.717, 1.165) is 0 Å². The Balaban J connectivity index is 1.71. The van der Waals surface area contributed by atoms with Gasteiger partial charge in [0.2, 0.25) is 0 Å². The third-order valence-electron chi connectivity index (χ3n) is 4.76. The van der Waals surface area contributed by atoms with E-state index in [9.17, 15) is 14.9 Å². The molecule has 0 atom stereocenters. The zero-order valence-corrected chi connectivity index (χ0v) is 19.3. The molecule has 172 valence electrons. The van der Waals surface area contributed by atoms with Crippen molar-refractivity contribution >= 4 is 46.8 Å². The first-order valence-electron chi connectivity index (χ1n) is 9.96. The van der Waals surface area contributed by atoms with E-state index in [4.69, 9.17) is 37.4 Å². The minimum atomic E-state index is -0.642. The second-order valence-corrected chi connectivity index (χ2v) is 7.78. The molecule has 0 radical (unpaired) electrons. The third-order valence-corrected chi connectivity index (χ3v) is 5.32. The van der Waals surface area contributed by atoms with Gasteiger partial charge < -0.3 is 24.4 Å². The number of nitriles is 1. The zero-order valence-electron chi connectivity index (χ0n) is 17.8. The summed E-state index contributed by atoms with van der Waals surface area (Å²) in [6, 6.07) is 11.4. The van der Waals surface area contributed by atoms with Gasteiger partial charge in [-0.05, 0) is 42.0 Å². The molecule has 2 amide bonds. The van der Waals surface area contributed by atoms with Gasteiger partial charge in [0.15, 0.2) is 18.1 Å². The molecule has 0 aliphatic carbocycles. The smallest absolute Gasteiger partial charge is 0.266 e. The predicted molar refractivity (Wildman–Crippen MR) is 125 cm³/mol. The summed E-state index contributed by atoms with van der Waals surface area (Å²) >= 11 is 12.0. The summed E-state index contributed by atoms with van der Waals surface area (Å²) in [7, 11) is 1.46. The average Bonchev–Trinajstić information content (AvgIpc) is 2.83. The summed E-state index contributed by atoms with van der Waals surface area (Å²) < 4.78 is 16.2. The summed E-state index contributed by atoms with van der Waals surface area (Å²) in [4.78, 5) is 26.5. The number of morpholine rings is 1. The van der Waals surface area contributed by atoms with Crippen LogP contribution in [-0.2, 0) is 14.3 Å². The average molecular weight is 490 g/mol. The summed E-state index contributed by atoms with van der Waals surface area (Å²) in [6.45, 7) is 1.94. The van der Waals surface area contributed by atoms with Gasteiger partial charge in [-0.3, -0.25) is 9.59 Å². The highest BCUT2D eigenvalue weighted by Crippen LogP contribution is 2.30. The minimum Gasteiger partial charge on any atom is -0.493 e. The molecule has 1 aliphatic rings. The van der Waals surface area contributed by atoms with E-state index < -0.39 is 5.91 Å². The molecule has 0 saturated carbocycles. The van der Waals surface area contributed by atoms with Crippen LogP contribution < -0.4 is 14.8 Å². The first kappa shape index (κ1) is 24.4. The number of halogens is 2. The van der Waals surface area contributed by atoms with E-state index >= 15 is 0 Å². The van der Waals surface area contributed by atoms with Gasteiger partial charge in [-0.25, -0.2) is 0 Å². The van der Waals surface area contributed by atoms with Crippen LogP contribution in [-0.4, -0.2) is 56.7 Å². The molecular weight excluding hydrogens is 469 g/mol. The molecular formula is C23H21Cl2N3O5. The van der Waals surface area contributed by atoms with Crippen LogP contribution in [0.25, 0.3) is 6.08 Å². The number of hydrogen-bond acceptors (Lipinski definition) is 6. The zero-order chi connectivity index (χ0) is 23.8. The van der Waals surface area contributed by atoms with E-state index in [0.29, 0.717) is 59.1 Å². The van der Waals surface area contributed by atoms with Gasteiger partial charge >= 0.3 is 0 Å². The summed E-state index contributed by atoms with van der Waals surface area (Å²) in [5.41, 5.74) is 0.674. The molecule has 33 heavy (non-hydrogen) atoms. The first-order valence-corrected chi connectivity index (χ1v) is 10.7. The number of ether oxygens (including phenoxy) is 3. The van der Waals surface area contributed by atoms with Gasteiger partial charge in [0.25, 0.3) is 11.8 Å². The largest absolute Gasteiger partial charge is 0.493 e. The molecule has 2 aromatic rings. The van der Waals surface area contributed by atoms with Crippen LogP contribution in [0.4, 0.5) is 5.69 Å². The van der Waals surface area contributed by atoms with Crippen LogP contribution in [0.1, 0.15) is 5.56 Å². The van der Waals surface area contributed by atoms with Crippen LogP contribution in [0.15, 0.2) is 42.0 Å². The molecule has 0 spiro atoms. The monoisotopic (exact) mass is 489 g/mol. The fourth-order valence-electron chi connectivity index (χ4n) is 3.03. The van der Waals surface area contributed by atoms with Gasteiger partial charge in [-0.2, -0.15) is 5.26 Å². The predicted octanol–water partition coefficient (Wildman–Crippen LogP) is 3.79.